The SMILES string of the molecule is CC1=CC(C)CC(C(O)C2CCc3ccccc3N2)C1. The molecule has 3 rings (SSSR count). The number of rotatable bonds is 2. The summed E-state index contributed by atoms with van der Waals surface area (Å²) in [5.41, 5.74) is 4.02. The molecule has 0 saturated carbocycles. The summed E-state index contributed by atoms with van der Waals surface area (Å²) < 4.78 is 0. The second-order valence-electron chi connectivity index (χ2n) is 6.63. The quantitative estimate of drug-likeness (QED) is 0.803. The maximum Gasteiger partial charge on any atom is 0.0772 e. The minimum Gasteiger partial charge on any atom is -0.391 e. The van der Waals surface area contributed by atoms with Gasteiger partial charge in [0, 0.05) is 5.69 Å². The Kier molecular flexibility index (Phi) is 3.84. The van der Waals surface area contributed by atoms with E-state index in [2.05, 4.69) is 49.5 Å². The van der Waals surface area contributed by atoms with Crippen LogP contribution in [0.1, 0.15) is 38.7 Å². The molecule has 2 nitrogen and oxygen atoms in total. The maximum atomic E-state index is 10.8. The Bertz CT molecular complexity index is 508. The van der Waals surface area contributed by atoms with Gasteiger partial charge in [0.1, 0.15) is 0 Å². The lowest BCUT2D eigenvalue weighted by molar-refractivity contribution is 0.0717. The highest BCUT2D eigenvalue weighted by atomic mass is 16.3. The molecule has 0 spiro atoms. The molecule has 2 aliphatic rings. The standard InChI is InChI=1S/C18H25NO/c1-12-9-13(2)11-15(10-12)18(20)17-8-7-14-5-3-4-6-16(14)19-17/h3-6,9,12,15,17-20H,7-8,10-11H2,1-2H3. The predicted octanol–water partition coefficient (Wildman–Crippen LogP) is 3.77. The van der Waals surface area contributed by atoms with Gasteiger partial charge in [-0.05, 0) is 56.1 Å². The monoisotopic (exact) mass is 271 g/mol. The van der Waals surface area contributed by atoms with Crippen molar-refractivity contribution >= 4 is 5.69 Å². The molecule has 1 aromatic rings. The number of hydrogen-bond donors (Lipinski definition) is 2. The average molecular weight is 271 g/mol. The van der Waals surface area contributed by atoms with Gasteiger partial charge in [-0.25, -0.2) is 0 Å². The third kappa shape index (κ3) is 2.76. The summed E-state index contributed by atoms with van der Waals surface area (Å²) in [7, 11) is 0. The zero-order valence-corrected chi connectivity index (χ0v) is 12.5. The number of allylic oxidation sites excluding steroid dienone is 2. The molecule has 0 amide bonds. The summed E-state index contributed by atoms with van der Waals surface area (Å²) in [6, 6.07) is 8.67. The zero-order chi connectivity index (χ0) is 14.1. The first kappa shape index (κ1) is 13.7. The van der Waals surface area contributed by atoms with E-state index in [1.54, 1.807) is 0 Å². The van der Waals surface area contributed by atoms with Crippen molar-refractivity contribution < 1.29 is 5.11 Å². The number of nitrogens with one attached hydrogen (secondary N) is 1. The molecule has 1 heterocycles. The van der Waals surface area contributed by atoms with E-state index in [0.717, 1.165) is 25.7 Å². The first-order valence-corrected chi connectivity index (χ1v) is 7.83. The third-order valence-electron chi connectivity index (χ3n) is 4.81. The first-order chi connectivity index (χ1) is 9.63. The number of para-hydroxylation sites is 1. The van der Waals surface area contributed by atoms with Crippen LogP contribution in [0.4, 0.5) is 5.69 Å². The van der Waals surface area contributed by atoms with Crippen molar-refractivity contribution in [2.75, 3.05) is 5.32 Å². The van der Waals surface area contributed by atoms with Crippen molar-refractivity contribution in [1.29, 1.82) is 0 Å². The Morgan fingerprint density at radius 2 is 2.10 bits per heavy atom. The van der Waals surface area contributed by atoms with Crippen LogP contribution in [0.5, 0.6) is 0 Å². The Labute approximate surface area is 121 Å². The second kappa shape index (κ2) is 5.61. The topological polar surface area (TPSA) is 32.3 Å². The van der Waals surface area contributed by atoms with Crippen LogP contribution < -0.4 is 5.32 Å². The van der Waals surface area contributed by atoms with Crippen LogP contribution in [0.15, 0.2) is 35.9 Å². The largest absolute Gasteiger partial charge is 0.391 e. The lowest BCUT2D eigenvalue weighted by atomic mass is 9.77. The summed E-state index contributed by atoms with van der Waals surface area (Å²) in [6.07, 6.45) is 6.37. The third-order valence-corrected chi connectivity index (χ3v) is 4.81. The van der Waals surface area contributed by atoms with Crippen LogP contribution in [0.25, 0.3) is 0 Å². The number of anilines is 1. The summed E-state index contributed by atoms with van der Waals surface area (Å²) >= 11 is 0. The van der Waals surface area contributed by atoms with E-state index < -0.39 is 0 Å². The van der Waals surface area contributed by atoms with Crippen LogP contribution in [0.2, 0.25) is 0 Å². The molecule has 1 aliphatic carbocycles. The van der Waals surface area contributed by atoms with Gasteiger partial charge in [0.15, 0.2) is 0 Å². The average Bonchev–Trinajstić information content (AvgIpc) is 2.45. The molecule has 0 saturated heterocycles. The Morgan fingerprint density at radius 3 is 2.90 bits per heavy atom. The minimum atomic E-state index is -0.241. The van der Waals surface area contributed by atoms with Crippen molar-refractivity contribution in [3.63, 3.8) is 0 Å². The van der Waals surface area contributed by atoms with Gasteiger partial charge in [0.25, 0.3) is 0 Å². The van der Waals surface area contributed by atoms with Gasteiger partial charge in [0.2, 0.25) is 0 Å². The molecule has 1 aliphatic heterocycles. The van der Waals surface area contributed by atoms with Crippen molar-refractivity contribution in [3.8, 4) is 0 Å². The van der Waals surface area contributed by atoms with Crippen LogP contribution in [-0.2, 0) is 6.42 Å². The van der Waals surface area contributed by atoms with E-state index in [9.17, 15) is 5.11 Å². The second-order valence-corrected chi connectivity index (χ2v) is 6.63. The van der Waals surface area contributed by atoms with Gasteiger partial charge in [-0.3, -0.25) is 0 Å². The molecular weight excluding hydrogens is 246 g/mol. The fraction of sp³-hybridized carbons (Fsp3) is 0.556. The maximum absolute atomic E-state index is 10.8. The van der Waals surface area contributed by atoms with Crippen molar-refractivity contribution in [3.05, 3.63) is 41.5 Å². The fourth-order valence-corrected chi connectivity index (χ4v) is 3.90. The van der Waals surface area contributed by atoms with Gasteiger partial charge in [-0.2, -0.15) is 0 Å². The van der Waals surface area contributed by atoms with E-state index in [4.69, 9.17) is 0 Å². The van der Waals surface area contributed by atoms with Gasteiger partial charge < -0.3 is 10.4 Å². The molecule has 108 valence electrons. The van der Waals surface area contributed by atoms with Crippen LogP contribution >= 0.6 is 0 Å². The molecule has 2 heteroatoms. The van der Waals surface area contributed by atoms with Crippen molar-refractivity contribution in [1.82, 2.24) is 0 Å². The molecule has 0 bridgehead atoms. The highest BCUT2D eigenvalue weighted by molar-refractivity contribution is 5.54. The van der Waals surface area contributed by atoms with Crippen LogP contribution in [0.3, 0.4) is 0 Å². The van der Waals surface area contributed by atoms with E-state index >= 15 is 0 Å². The molecule has 2 N–H and O–H groups in total. The highest BCUT2D eigenvalue weighted by Crippen LogP contribution is 2.34. The normalized spacial score (nSPS) is 30.9. The smallest absolute Gasteiger partial charge is 0.0772 e. The molecule has 0 fully saturated rings. The minimum absolute atomic E-state index is 0.202. The summed E-state index contributed by atoms with van der Waals surface area (Å²) in [4.78, 5) is 0. The Balaban J connectivity index is 1.70. The predicted molar refractivity (Wildman–Crippen MR) is 83.8 cm³/mol. The lowest BCUT2D eigenvalue weighted by Gasteiger charge is -2.37. The molecule has 4 unspecified atom stereocenters. The lowest BCUT2D eigenvalue weighted by Crippen LogP contribution is -2.42. The number of aryl methyl sites for hydroxylation is 1. The van der Waals surface area contributed by atoms with E-state index in [-0.39, 0.29) is 12.1 Å². The molecule has 0 aromatic heterocycles. The first-order valence-electron chi connectivity index (χ1n) is 7.83. The van der Waals surface area contributed by atoms with Crippen molar-refractivity contribution in [2.45, 2.75) is 51.7 Å². The van der Waals surface area contributed by atoms with Gasteiger partial charge in [-0.1, -0.05) is 36.8 Å². The summed E-state index contributed by atoms with van der Waals surface area (Å²) in [5, 5.41) is 14.3. The number of benzene rings is 1. The van der Waals surface area contributed by atoms with Crippen molar-refractivity contribution in [2.24, 2.45) is 11.8 Å². The number of fused-ring (bicyclic) bond motifs is 1. The van der Waals surface area contributed by atoms with E-state index in [0.29, 0.717) is 11.8 Å². The fourth-order valence-electron chi connectivity index (χ4n) is 3.90. The highest BCUT2D eigenvalue weighted by Gasteiger charge is 2.32. The summed E-state index contributed by atoms with van der Waals surface area (Å²) in [6.45, 7) is 4.45. The molecule has 4 atom stereocenters. The van der Waals surface area contributed by atoms with Gasteiger partial charge >= 0.3 is 0 Å². The molecule has 20 heavy (non-hydrogen) atoms. The van der Waals surface area contributed by atoms with Gasteiger partial charge in [-0.15, -0.1) is 0 Å². The zero-order valence-electron chi connectivity index (χ0n) is 12.5. The van der Waals surface area contributed by atoms with Crippen LogP contribution in [0, 0.1) is 11.8 Å². The molecule has 0 radical (unpaired) electrons. The van der Waals surface area contributed by atoms with E-state index in [1.165, 1.54) is 16.8 Å². The molecule has 1 aromatic carbocycles. The summed E-state index contributed by atoms with van der Waals surface area (Å²) in [5.74, 6) is 0.997. The van der Waals surface area contributed by atoms with E-state index in [1.807, 2.05) is 0 Å². The number of hydrogen-bond acceptors (Lipinski definition) is 2. The van der Waals surface area contributed by atoms with Crippen LogP contribution in [-0.4, -0.2) is 17.3 Å². The Hall–Kier alpha value is -1.28. The van der Waals surface area contributed by atoms with Gasteiger partial charge in [0.05, 0.1) is 12.1 Å². The number of aliphatic hydroxyl groups excluding tert-OH is 1. The number of aliphatic hydroxyl groups is 1. The Morgan fingerprint density at radius 1 is 1.30 bits per heavy atom. The molecular formula is C18H25NO.